The highest BCUT2D eigenvalue weighted by atomic mass is 35.5. The predicted octanol–water partition coefficient (Wildman–Crippen LogP) is 5.00. The summed E-state index contributed by atoms with van der Waals surface area (Å²) in [7, 11) is 0. The van der Waals surface area contributed by atoms with Crippen LogP contribution in [0.2, 0.25) is 5.02 Å². The molecule has 0 heterocycles. The van der Waals surface area contributed by atoms with E-state index in [0.717, 1.165) is 23.8 Å². The number of halogens is 3. The molecule has 0 aliphatic rings. The average molecular weight is 324 g/mol. The molecule has 2 rings (SSSR count). The van der Waals surface area contributed by atoms with Crippen LogP contribution in [0.3, 0.4) is 0 Å². The van der Waals surface area contributed by atoms with Gasteiger partial charge in [0.1, 0.15) is 11.6 Å². The van der Waals surface area contributed by atoms with E-state index in [4.69, 9.17) is 11.6 Å². The van der Waals surface area contributed by atoms with E-state index in [1.165, 1.54) is 0 Å². The number of benzene rings is 2. The van der Waals surface area contributed by atoms with Crippen LogP contribution in [0.1, 0.15) is 25.3 Å². The molecule has 2 aromatic rings. The van der Waals surface area contributed by atoms with E-state index in [0.29, 0.717) is 5.02 Å². The summed E-state index contributed by atoms with van der Waals surface area (Å²) < 4.78 is 26.8. The summed E-state index contributed by atoms with van der Waals surface area (Å²) in [5, 5.41) is 3.03. The monoisotopic (exact) mass is 323 g/mol. The second kappa shape index (κ2) is 6.88. The van der Waals surface area contributed by atoms with Crippen molar-refractivity contribution in [3.8, 4) is 0 Å². The number of carbonyl (C=O) groups excluding carboxylic acids is 1. The fourth-order valence-corrected chi connectivity index (χ4v) is 2.44. The zero-order chi connectivity index (χ0) is 16.3. The number of nitrogens with one attached hydrogen (secondary N) is 1. The van der Waals surface area contributed by atoms with Crippen LogP contribution >= 0.6 is 11.6 Å². The van der Waals surface area contributed by atoms with Crippen LogP contribution in [0.25, 0.3) is 0 Å². The predicted molar refractivity (Wildman–Crippen MR) is 84.0 cm³/mol. The van der Waals surface area contributed by atoms with Gasteiger partial charge in [0.2, 0.25) is 5.91 Å². The smallest absolute Gasteiger partial charge is 0.232 e. The molecule has 0 radical (unpaired) electrons. The Morgan fingerprint density at radius 2 is 1.73 bits per heavy atom. The van der Waals surface area contributed by atoms with Gasteiger partial charge >= 0.3 is 0 Å². The van der Waals surface area contributed by atoms with Gasteiger partial charge in [-0.25, -0.2) is 8.78 Å². The van der Waals surface area contributed by atoms with E-state index in [-0.39, 0.29) is 17.5 Å². The normalized spacial score (nSPS) is 12.3. The van der Waals surface area contributed by atoms with E-state index in [9.17, 15) is 13.6 Å². The lowest BCUT2D eigenvalue weighted by Gasteiger charge is -2.21. The minimum Gasteiger partial charge on any atom is -0.323 e. The quantitative estimate of drug-likeness (QED) is 0.843. The van der Waals surface area contributed by atoms with Crippen molar-refractivity contribution in [2.24, 2.45) is 5.92 Å². The molecule has 1 atom stereocenters. The third-order valence-electron chi connectivity index (χ3n) is 3.36. The molecule has 116 valence electrons. The zero-order valence-electron chi connectivity index (χ0n) is 12.2. The van der Waals surface area contributed by atoms with Gasteiger partial charge in [-0.3, -0.25) is 4.79 Å². The van der Waals surface area contributed by atoms with E-state index < -0.39 is 17.6 Å². The topological polar surface area (TPSA) is 29.1 Å². The molecular formula is C17H16ClF2NO. The summed E-state index contributed by atoms with van der Waals surface area (Å²) >= 11 is 5.85. The number of anilines is 1. The molecule has 5 heteroatoms. The first-order valence-corrected chi connectivity index (χ1v) is 7.27. The second-order valence-electron chi connectivity index (χ2n) is 5.39. The lowest BCUT2D eigenvalue weighted by molar-refractivity contribution is -0.118. The van der Waals surface area contributed by atoms with Crippen LogP contribution in [-0.2, 0) is 4.79 Å². The lowest BCUT2D eigenvalue weighted by Crippen LogP contribution is -2.25. The van der Waals surface area contributed by atoms with E-state index in [1.807, 2.05) is 13.8 Å². The van der Waals surface area contributed by atoms with Gasteiger partial charge in [-0.15, -0.1) is 0 Å². The van der Waals surface area contributed by atoms with Crippen LogP contribution < -0.4 is 5.32 Å². The Hall–Kier alpha value is -1.94. The van der Waals surface area contributed by atoms with Crippen molar-refractivity contribution in [1.82, 2.24) is 0 Å². The van der Waals surface area contributed by atoms with Crippen molar-refractivity contribution in [3.05, 3.63) is 64.7 Å². The highest BCUT2D eigenvalue weighted by molar-refractivity contribution is 6.30. The fourth-order valence-electron chi connectivity index (χ4n) is 2.31. The maximum Gasteiger partial charge on any atom is 0.232 e. The van der Waals surface area contributed by atoms with Crippen molar-refractivity contribution in [3.63, 3.8) is 0 Å². The first-order valence-electron chi connectivity index (χ1n) is 6.90. The average Bonchev–Trinajstić information content (AvgIpc) is 2.45. The first-order chi connectivity index (χ1) is 10.4. The Bertz CT molecular complexity index is 671. The number of hydrogen-bond acceptors (Lipinski definition) is 1. The maximum atomic E-state index is 13.7. The summed E-state index contributed by atoms with van der Waals surface area (Å²) in [5.41, 5.74) is 0.610. The minimum atomic E-state index is -0.673. The van der Waals surface area contributed by atoms with Gasteiger partial charge in [0.25, 0.3) is 0 Å². The molecule has 1 amide bonds. The summed E-state index contributed by atoms with van der Waals surface area (Å²) in [6.45, 7) is 3.78. The molecular weight excluding hydrogens is 308 g/mol. The minimum absolute atomic E-state index is 0.0159. The van der Waals surface area contributed by atoms with Crippen molar-refractivity contribution in [1.29, 1.82) is 0 Å². The van der Waals surface area contributed by atoms with Gasteiger partial charge in [0.15, 0.2) is 0 Å². The zero-order valence-corrected chi connectivity index (χ0v) is 13.0. The summed E-state index contributed by atoms with van der Waals surface area (Å²) in [6, 6.07) is 9.86. The lowest BCUT2D eigenvalue weighted by atomic mass is 9.87. The molecule has 0 aliphatic heterocycles. The molecule has 0 saturated carbocycles. The van der Waals surface area contributed by atoms with E-state index in [1.54, 1.807) is 24.3 Å². The first kappa shape index (κ1) is 16.4. The Morgan fingerprint density at radius 1 is 1.09 bits per heavy atom. The summed E-state index contributed by atoms with van der Waals surface area (Å²) in [5.74, 6) is -2.17. The van der Waals surface area contributed by atoms with Crippen molar-refractivity contribution in [2.45, 2.75) is 19.8 Å². The Balaban J connectivity index is 2.27. The van der Waals surface area contributed by atoms with Gasteiger partial charge in [0.05, 0.1) is 11.6 Å². The highest BCUT2D eigenvalue weighted by Gasteiger charge is 2.25. The van der Waals surface area contributed by atoms with E-state index in [2.05, 4.69) is 5.32 Å². The van der Waals surface area contributed by atoms with Crippen LogP contribution in [0, 0.1) is 17.6 Å². The van der Waals surface area contributed by atoms with Crippen molar-refractivity contribution in [2.75, 3.05) is 5.32 Å². The van der Waals surface area contributed by atoms with Gasteiger partial charge < -0.3 is 5.32 Å². The number of amides is 1. The maximum absolute atomic E-state index is 13.7. The molecule has 0 aromatic heterocycles. The van der Waals surface area contributed by atoms with Gasteiger partial charge in [-0.2, -0.15) is 0 Å². The second-order valence-corrected chi connectivity index (χ2v) is 5.82. The van der Waals surface area contributed by atoms with Crippen LogP contribution in [-0.4, -0.2) is 5.91 Å². The molecule has 0 unspecified atom stereocenters. The molecule has 0 fully saturated rings. The van der Waals surface area contributed by atoms with Crippen molar-refractivity contribution < 1.29 is 13.6 Å². The third kappa shape index (κ3) is 3.83. The number of carbonyl (C=O) groups is 1. The molecule has 22 heavy (non-hydrogen) atoms. The van der Waals surface area contributed by atoms with Gasteiger partial charge in [0, 0.05) is 11.1 Å². The van der Waals surface area contributed by atoms with Crippen LogP contribution in [0.15, 0.2) is 42.5 Å². The molecule has 2 aromatic carbocycles. The Kier molecular flexibility index (Phi) is 5.14. The molecule has 0 spiro atoms. The van der Waals surface area contributed by atoms with Crippen LogP contribution in [0.4, 0.5) is 14.5 Å². The largest absolute Gasteiger partial charge is 0.323 e. The molecule has 1 N–H and O–H groups in total. The summed E-state index contributed by atoms with van der Waals surface area (Å²) in [4.78, 5) is 12.5. The highest BCUT2D eigenvalue weighted by Crippen LogP contribution is 2.28. The van der Waals surface area contributed by atoms with Gasteiger partial charge in [-0.1, -0.05) is 37.6 Å². The van der Waals surface area contributed by atoms with Crippen LogP contribution in [0.5, 0.6) is 0 Å². The molecule has 0 bridgehead atoms. The SMILES string of the molecule is CC(C)[C@H](C(=O)Nc1cc(F)ccc1F)c1ccc(Cl)cc1. The van der Waals surface area contributed by atoms with Gasteiger partial charge in [-0.05, 0) is 35.7 Å². The molecule has 0 saturated heterocycles. The number of hydrogen-bond donors (Lipinski definition) is 1. The Morgan fingerprint density at radius 3 is 2.32 bits per heavy atom. The van der Waals surface area contributed by atoms with E-state index >= 15 is 0 Å². The Labute approximate surface area is 133 Å². The molecule has 0 aliphatic carbocycles. The molecule has 2 nitrogen and oxygen atoms in total. The third-order valence-corrected chi connectivity index (χ3v) is 3.62. The number of rotatable bonds is 4. The van der Waals surface area contributed by atoms with Crippen molar-refractivity contribution >= 4 is 23.2 Å². The summed E-state index contributed by atoms with van der Waals surface area (Å²) in [6.07, 6.45) is 0. The standard InChI is InChI=1S/C17H16ClF2NO/c1-10(2)16(11-3-5-12(18)6-4-11)17(22)21-15-9-13(19)7-8-14(15)20/h3-10,16H,1-2H3,(H,21,22)/t16-/m0/s1. The fraction of sp³-hybridized carbons (Fsp3) is 0.235.